The molecule has 2 rings (SSSR count). The van der Waals surface area contributed by atoms with Crippen LogP contribution in [0.5, 0.6) is 0 Å². The first-order chi connectivity index (χ1) is 9.11. The maximum Gasteiger partial charge on any atom is 0.0709 e. The lowest BCUT2D eigenvalue weighted by Gasteiger charge is -2.33. The maximum atomic E-state index is 10.5. The van der Waals surface area contributed by atoms with Crippen LogP contribution in [0.3, 0.4) is 0 Å². The van der Waals surface area contributed by atoms with E-state index in [0.29, 0.717) is 27.0 Å². The summed E-state index contributed by atoms with van der Waals surface area (Å²) in [6.07, 6.45) is 1.44. The van der Waals surface area contributed by atoms with Crippen LogP contribution in [0.15, 0.2) is 18.2 Å². The van der Waals surface area contributed by atoms with Gasteiger partial charge in [-0.15, -0.1) is 0 Å². The predicted molar refractivity (Wildman–Crippen MR) is 89.0 cm³/mol. The van der Waals surface area contributed by atoms with Crippen LogP contribution >= 0.6 is 46.7 Å². The van der Waals surface area contributed by atoms with Crippen LogP contribution in [-0.4, -0.2) is 33.2 Å². The Bertz CT molecular complexity index is 428. The second kappa shape index (κ2) is 7.46. The van der Waals surface area contributed by atoms with Gasteiger partial charge in [-0.25, -0.2) is 0 Å². The number of aliphatic hydroxyl groups excluding tert-OH is 1. The number of aliphatic hydroxyl groups is 1. The van der Waals surface area contributed by atoms with Crippen LogP contribution < -0.4 is 0 Å². The number of halogens is 2. The molecular weight excluding hydrogens is 319 g/mol. The average molecular weight is 337 g/mol. The largest absolute Gasteiger partial charge is 0.392 e. The molecule has 1 heterocycles. The van der Waals surface area contributed by atoms with Gasteiger partial charge in [-0.05, 0) is 30.5 Å². The Labute approximate surface area is 133 Å². The van der Waals surface area contributed by atoms with E-state index >= 15 is 0 Å². The van der Waals surface area contributed by atoms with Crippen molar-refractivity contribution in [3.63, 3.8) is 0 Å². The normalized spacial score (nSPS) is 25.3. The molecule has 1 fully saturated rings. The third-order valence-corrected chi connectivity index (χ3v) is 7.43. The van der Waals surface area contributed by atoms with Gasteiger partial charge in [0.2, 0.25) is 0 Å². The van der Waals surface area contributed by atoms with E-state index in [1.807, 2.05) is 35.7 Å². The van der Waals surface area contributed by atoms with Gasteiger partial charge < -0.3 is 5.11 Å². The van der Waals surface area contributed by atoms with E-state index in [9.17, 15) is 5.11 Å². The molecule has 0 spiro atoms. The molecule has 5 heteroatoms. The summed E-state index contributed by atoms with van der Waals surface area (Å²) in [6.45, 7) is 2.20. The average Bonchev–Trinajstić information content (AvgIpc) is 2.43. The molecule has 1 N–H and O–H groups in total. The van der Waals surface area contributed by atoms with Crippen molar-refractivity contribution in [3.8, 4) is 0 Å². The van der Waals surface area contributed by atoms with Crippen LogP contribution in [0.25, 0.3) is 0 Å². The highest BCUT2D eigenvalue weighted by Crippen LogP contribution is 2.36. The molecule has 1 aromatic carbocycles. The van der Waals surface area contributed by atoms with Crippen molar-refractivity contribution in [2.75, 3.05) is 11.5 Å². The fourth-order valence-electron chi connectivity index (χ4n) is 2.32. The zero-order valence-corrected chi connectivity index (χ0v) is 14.0. The number of rotatable bonds is 4. The van der Waals surface area contributed by atoms with Crippen molar-refractivity contribution in [1.29, 1.82) is 0 Å². The third-order valence-electron chi connectivity index (χ3n) is 3.30. The van der Waals surface area contributed by atoms with Crippen molar-refractivity contribution >= 4 is 46.7 Å². The molecule has 0 saturated carbocycles. The van der Waals surface area contributed by atoms with Gasteiger partial charge in [0.05, 0.1) is 16.1 Å². The highest BCUT2D eigenvalue weighted by molar-refractivity contribution is 8.07. The molecular formula is C14H18Cl2OS2. The SMILES string of the molecule is CCC1SCCSC1C(O)Cc1ccc(Cl)c(Cl)c1. The maximum absolute atomic E-state index is 10.5. The Hall–Kier alpha value is 0.460. The van der Waals surface area contributed by atoms with Crippen molar-refractivity contribution in [2.45, 2.75) is 36.4 Å². The van der Waals surface area contributed by atoms with E-state index < -0.39 is 0 Å². The first-order valence-corrected chi connectivity index (χ1v) is 9.32. The molecule has 0 radical (unpaired) electrons. The van der Waals surface area contributed by atoms with E-state index in [1.165, 1.54) is 5.75 Å². The van der Waals surface area contributed by atoms with Gasteiger partial charge in [0.15, 0.2) is 0 Å². The van der Waals surface area contributed by atoms with Crippen molar-refractivity contribution in [1.82, 2.24) is 0 Å². The molecule has 0 amide bonds. The van der Waals surface area contributed by atoms with Gasteiger partial charge in [-0.2, -0.15) is 23.5 Å². The minimum absolute atomic E-state index is 0.318. The summed E-state index contributed by atoms with van der Waals surface area (Å²) >= 11 is 15.8. The molecule has 1 aliphatic rings. The molecule has 3 atom stereocenters. The molecule has 19 heavy (non-hydrogen) atoms. The lowest BCUT2D eigenvalue weighted by atomic mass is 10.0. The summed E-state index contributed by atoms with van der Waals surface area (Å²) in [5.74, 6) is 2.32. The van der Waals surface area contributed by atoms with Crippen LogP contribution in [0.1, 0.15) is 18.9 Å². The lowest BCUT2D eigenvalue weighted by Crippen LogP contribution is -2.37. The summed E-state index contributed by atoms with van der Waals surface area (Å²) in [5.41, 5.74) is 1.05. The second-order valence-corrected chi connectivity index (χ2v) is 8.12. The highest BCUT2D eigenvalue weighted by atomic mass is 35.5. The lowest BCUT2D eigenvalue weighted by molar-refractivity contribution is 0.169. The molecule has 0 aromatic heterocycles. The van der Waals surface area contributed by atoms with Crippen molar-refractivity contribution < 1.29 is 5.11 Å². The van der Waals surface area contributed by atoms with E-state index in [-0.39, 0.29) is 6.10 Å². The van der Waals surface area contributed by atoms with Crippen LogP contribution in [0, 0.1) is 0 Å². The van der Waals surface area contributed by atoms with Crippen LogP contribution in [0.2, 0.25) is 10.0 Å². The standard InChI is InChI=1S/C14H18Cl2OS2/c1-2-13-14(19-6-5-18-13)12(17)8-9-3-4-10(15)11(16)7-9/h3-4,7,12-14,17H,2,5-6,8H2,1H3. The number of thioether (sulfide) groups is 2. The molecule has 0 aliphatic carbocycles. The molecule has 106 valence electrons. The Kier molecular flexibility index (Phi) is 6.22. The van der Waals surface area contributed by atoms with Crippen LogP contribution in [0.4, 0.5) is 0 Å². The van der Waals surface area contributed by atoms with Gasteiger partial charge in [0.25, 0.3) is 0 Å². The van der Waals surface area contributed by atoms with E-state index in [4.69, 9.17) is 23.2 Å². The molecule has 1 aliphatic heterocycles. The van der Waals surface area contributed by atoms with Gasteiger partial charge in [-0.3, -0.25) is 0 Å². The quantitative estimate of drug-likeness (QED) is 0.872. The molecule has 3 unspecified atom stereocenters. The number of benzene rings is 1. The smallest absolute Gasteiger partial charge is 0.0709 e. The first kappa shape index (κ1) is 15.8. The Morgan fingerprint density at radius 3 is 2.68 bits per heavy atom. The summed E-state index contributed by atoms with van der Waals surface area (Å²) in [7, 11) is 0. The summed E-state index contributed by atoms with van der Waals surface area (Å²) < 4.78 is 0. The predicted octanol–water partition coefficient (Wildman–Crippen LogP) is 4.52. The number of hydrogen-bond acceptors (Lipinski definition) is 3. The van der Waals surface area contributed by atoms with Crippen LogP contribution in [-0.2, 0) is 6.42 Å². The topological polar surface area (TPSA) is 20.2 Å². The molecule has 1 saturated heterocycles. The Balaban J connectivity index is 2.02. The summed E-state index contributed by atoms with van der Waals surface area (Å²) in [4.78, 5) is 0. The van der Waals surface area contributed by atoms with E-state index in [2.05, 4.69) is 6.92 Å². The third kappa shape index (κ3) is 4.21. The van der Waals surface area contributed by atoms with Crippen molar-refractivity contribution in [2.24, 2.45) is 0 Å². The fourth-order valence-corrected chi connectivity index (χ4v) is 5.79. The Morgan fingerprint density at radius 1 is 1.26 bits per heavy atom. The van der Waals surface area contributed by atoms with Gasteiger partial charge in [0, 0.05) is 22.0 Å². The van der Waals surface area contributed by atoms with E-state index in [1.54, 1.807) is 6.07 Å². The van der Waals surface area contributed by atoms with E-state index in [0.717, 1.165) is 17.7 Å². The Morgan fingerprint density at radius 2 is 2.00 bits per heavy atom. The zero-order chi connectivity index (χ0) is 13.8. The van der Waals surface area contributed by atoms with Gasteiger partial charge >= 0.3 is 0 Å². The van der Waals surface area contributed by atoms with Crippen molar-refractivity contribution in [3.05, 3.63) is 33.8 Å². The monoisotopic (exact) mass is 336 g/mol. The molecule has 1 nitrogen and oxygen atoms in total. The fraction of sp³-hybridized carbons (Fsp3) is 0.571. The molecule has 0 bridgehead atoms. The first-order valence-electron chi connectivity index (χ1n) is 6.47. The highest BCUT2D eigenvalue weighted by Gasteiger charge is 2.30. The zero-order valence-electron chi connectivity index (χ0n) is 10.8. The summed E-state index contributed by atoms with van der Waals surface area (Å²) in [6, 6.07) is 5.60. The minimum atomic E-state index is -0.319. The number of hydrogen-bond donors (Lipinski definition) is 1. The summed E-state index contributed by atoms with van der Waals surface area (Å²) in [5, 5.41) is 12.5. The van der Waals surface area contributed by atoms with Gasteiger partial charge in [-0.1, -0.05) is 36.2 Å². The minimum Gasteiger partial charge on any atom is -0.392 e. The second-order valence-electron chi connectivity index (χ2n) is 4.67. The van der Waals surface area contributed by atoms with Gasteiger partial charge in [0.1, 0.15) is 0 Å². The molecule has 1 aromatic rings.